The number of hydrogen-bond donors (Lipinski definition) is 0. The van der Waals surface area contributed by atoms with Gasteiger partial charge in [-0.15, -0.1) is 0 Å². The van der Waals surface area contributed by atoms with E-state index in [1.54, 1.807) is 25.2 Å². The van der Waals surface area contributed by atoms with Crippen molar-refractivity contribution >= 4 is 28.6 Å². The largest absolute Gasteiger partial charge is 0.340 e. The molecule has 1 amide bonds. The highest BCUT2D eigenvalue weighted by atomic mass is 35.5. The van der Waals surface area contributed by atoms with Crippen molar-refractivity contribution in [2.45, 2.75) is 5.25 Å². The van der Waals surface area contributed by atoms with E-state index in [1.165, 1.54) is 11.8 Å². The number of amides is 1. The van der Waals surface area contributed by atoms with Gasteiger partial charge in [0.25, 0.3) is 5.24 Å². The molecule has 0 aliphatic rings. The lowest BCUT2D eigenvalue weighted by Crippen LogP contribution is -2.19. The highest BCUT2D eigenvalue weighted by Crippen LogP contribution is 2.36. The lowest BCUT2D eigenvalue weighted by atomic mass is 10.1. The van der Waals surface area contributed by atoms with Crippen LogP contribution in [0.3, 0.4) is 0 Å². The van der Waals surface area contributed by atoms with Gasteiger partial charge in [-0.3, -0.25) is 4.79 Å². The number of carbonyl (C=O) groups excluding carboxylic acids is 1. The van der Waals surface area contributed by atoms with Crippen molar-refractivity contribution in [2.24, 2.45) is 7.05 Å². The molecule has 0 radical (unpaired) electrons. The van der Waals surface area contributed by atoms with E-state index in [1.807, 2.05) is 42.1 Å². The number of hydrogen-bond acceptors (Lipinski definition) is 3. The highest BCUT2D eigenvalue weighted by Gasteiger charge is 2.23. The summed E-state index contributed by atoms with van der Waals surface area (Å²) in [6.45, 7) is 0. The molecule has 106 valence electrons. The molecule has 2 rings (SSSR count). The molecule has 20 heavy (non-hydrogen) atoms. The van der Waals surface area contributed by atoms with Crippen molar-refractivity contribution in [1.29, 1.82) is 0 Å². The third kappa shape index (κ3) is 3.35. The third-order valence-corrected chi connectivity index (χ3v) is 4.39. The minimum atomic E-state index is -0.151. The first-order valence-corrected chi connectivity index (χ1v) is 7.35. The number of nitrogens with zero attached hydrogens (tertiary/aromatic N) is 3. The van der Waals surface area contributed by atoms with Crippen LogP contribution in [0.2, 0.25) is 5.02 Å². The van der Waals surface area contributed by atoms with Crippen LogP contribution in [0.5, 0.6) is 0 Å². The molecule has 2 aromatic rings. The zero-order valence-corrected chi connectivity index (χ0v) is 13.1. The summed E-state index contributed by atoms with van der Waals surface area (Å²) in [5.74, 6) is 0.840. The molecule has 0 spiro atoms. The number of aryl methyl sites for hydroxylation is 1. The van der Waals surface area contributed by atoms with E-state index in [9.17, 15) is 4.79 Å². The minimum absolute atomic E-state index is 0.00653. The van der Waals surface area contributed by atoms with Gasteiger partial charge in [0.2, 0.25) is 0 Å². The van der Waals surface area contributed by atoms with E-state index in [-0.39, 0.29) is 10.5 Å². The molecule has 1 aromatic carbocycles. The SMILES string of the molecule is CN(C)C(=O)SC(c1ccc(Cl)cc1)c1nccn1C. The van der Waals surface area contributed by atoms with Gasteiger partial charge in [-0.1, -0.05) is 23.7 Å². The Balaban J connectivity index is 2.36. The van der Waals surface area contributed by atoms with Crippen LogP contribution in [0.4, 0.5) is 4.79 Å². The number of thioether (sulfide) groups is 1. The quantitative estimate of drug-likeness (QED) is 0.870. The lowest BCUT2D eigenvalue weighted by molar-refractivity contribution is 0.241. The van der Waals surface area contributed by atoms with E-state index in [0.717, 1.165) is 11.4 Å². The van der Waals surface area contributed by atoms with Gasteiger partial charge in [-0.2, -0.15) is 0 Å². The van der Waals surface area contributed by atoms with Crippen LogP contribution >= 0.6 is 23.4 Å². The molecule has 0 saturated carbocycles. The summed E-state index contributed by atoms with van der Waals surface area (Å²) in [5.41, 5.74) is 1.00. The Morgan fingerprint density at radius 3 is 2.50 bits per heavy atom. The molecule has 1 atom stereocenters. The van der Waals surface area contributed by atoms with Gasteiger partial charge in [-0.05, 0) is 29.5 Å². The van der Waals surface area contributed by atoms with E-state index < -0.39 is 0 Å². The smallest absolute Gasteiger partial charge is 0.282 e. The number of carbonyl (C=O) groups is 1. The second kappa shape index (κ2) is 6.33. The Morgan fingerprint density at radius 1 is 1.35 bits per heavy atom. The fourth-order valence-electron chi connectivity index (χ4n) is 1.74. The Bertz CT molecular complexity index is 595. The highest BCUT2D eigenvalue weighted by molar-refractivity contribution is 8.13. The van der Waals surface area contributed by atoms with Crippen molar-refractivity contribution in [3.63, 3.8) is 0 Å². The predicted octanol–water partition coefficient (Wildman–Crippen LogP) is 3.58. The molecule has 0 N–H and O–H groups in total. The average molecular weight is 310 g/mol. The van der Waals surface area contributed by atoms with E-state index in [0.29, 0.717) is 5.02 Å². The van der Waals surface area contributed by atoms with Gasteiger partial charge >= 0.3 is 0 Å². The Hall–Kier alpha value is -1.46. The van der Waals surface area contributed by atoms with E-state index in [4.69, 9.17) is 11.6 Å². The Kier molecular flexibility index (Phi) is 4.73. The monoisotopic (exact) mass is 309 g/mol. The van der Waals surface area contributed by atoms with E-state index >= 15 is 0 Å². The van der Waals surface area contributed by atoms with Crippen molar-refractivity contribution in [1.82, 2.24) is 14.5 Å². The van der Waals surface area contributed by atoms with Crippen LogP contribution in [-0.4, -0.2) is 33.8 Å². The van der Waals surface area contributed by atoms with Crippen molar-refractivity contribution < 1.29 is 4.79 Å². The Labute approximate surface area is 127 Å². The molecule has 1 heterocycles. The van der Waals surface area contributed by atoms with Crippen LogP contribution in [-0.2, 0) is 7.05 Å². The van der Waals surface area contributed by atoms with Crippen molar-refractivity contribution in [2.75, 3.05) is 14.1 Å². The normalized spacial score (nSPS) is 12.2. The van der Waals surface area contributed by atoms with Crippen molar-refractivity contribution in [3.8, 4) is 0 Å². The first kappa shape index (κ1) is 14.9. The van der Waals surface area contributed by atoms with Gasteiger partial charge < -0.3 is 9.47 Å². The maximum absolute atomic E-state index is 12.0. The lowest BCUT2D eigenvalue weighted by Gasteiger charge is -2.18. The number of rotatable bonds is 3. The molecule has 1 aromatic heterocycles. The second-order valence-electron chi connectivity index (χ2n) is 4.61. The fourth-order valence-corrected chi connectivity index (χ4v) is 2.91. The molecule has 0 aliphatic heterocycles. The molecular weight excluding hydrogens is 294 g/mol. The average Bonchev–Trinajstić information content (AvgIpc) is 2.83. The maximum atomic E-state index is 12.0. The van der Waals surface area contributed by atoms with Gasteiger partial charge in [-0.25, -0.2) is 4.98 Å². The van der Waals surface area contributed by atoms with Gasteiger partial charge in [0.15, 0.2) is 0 Å². The third-order valence-electron chi connectivity index (χ3n) is 2.85. The molecule has 0 fully saturated rings. The molecule has 6 heteroatoms. The summed E-state index contributed by atoms with van der Waals surface area (Å²) < 4.78 is 1.93. The first-order valence-electron chi connectivity index (χ1n) is 6.09. The summed E-state index contributed by atoms with van der Waals surface area (Å²) in [6, 6.07) is 7.51. The molecule has 1 unspecified atom stereocenters. The van der Waals surface area contributed by atoms with Crippen LogP contribution < -0.4 is 0 Å². The summed E-state index contributed by atoms with van der Waals surface area (Å²) in [7, 11) is 5.41. The zero-order valence-electron chi connectivity index (χ0n) is 11.6. The van der Waals surface area contributed by atoms with Crippen LogP contribution in [0, 0.1) is 0 Å². The number of benzene rings is 1. The van der Waals surface area contributed by atoms with E-state index in [2.05, 4.69) is 4.98 Å². The predicted molar refractivity (Wildman–Crippen MR) is 83.2 cm³/mol. The number of imidazole rings is 1. The summed E-state index contributed by atoms with van der Waals surface area (Å²) in [6.07, 6.45) is 3.61. The standard InChI is InChI=1S/C14H16ClN3OS/c1-17(2)14(19)20-12(13-16-8-9-18(13)3)10-4-6-11(15)7-5-10/h4-9,12H,1-3H3. The van der Waals surface area contributed by atoms with Gasteiger partial charge in [0, 0.05) is 38.6 Å². The topological polar surface area (TPSA) is 38.1 Å². The summed E-state index contributed by atoms with van der Waals surface area (Å²) in [4.78, 5) is 18.0. The summed E-state index contributed by atoms with van der Waals surface area (Å²) in [5, 5.41) is 0.520. The molecule has 0 aliphatic carbocycles. The maximum Gasteiger partial charge on any atom is 0.282 e. The molecule has 4 nitrogen and oxygen atoms in total. The number of aromatic nitrogens is 2. The Morgan fingerprint density at radius 2 is 2.00 bits per heavy atom. The fraction of sp³-hybridized carbons (Fsp3) is 0.286. The molecule has 0 bridgehead atoms. The molecular formula is C14H16ClN3OS. The zero-order chi connectivity index (χ0) is 14.7. The molecule has 0 saturated heterocycles. The van der Waals surface area contributed by atoms with Crippen LogP contribution in [0.1, 0.15) is 16.6 Å². The number of halogens is 1. The van der Waals surface area contributed by atoms with Gasteiger partial charge in [0.1, 0.15) is 5.82 Å². The van der Waals surface area contributed by atoms with Gasteiger partial charge in [0.05, 0.1) is 5.25 Å². The second-order valence-corrected chi connectivity index (χ2v) is 6.10. The van der Waals surface area contributed by atoms with Crippen LogP contribution in [0.15, 0.2) is 36.7 Å². The summed E-state index contributed by atoms with van der Waals surface area (Å²) >= 11 is 7.17. The first-order chi connectivity index (χ1) is 9.49. The van der Waals surface area contributed by atoms with Crippen LogP contribution in [0.25, 0.3) is 0 Å². The van der Waals surface area contributed by atoms with Crippen molar-refractivity contribution in [3.05, 3.63) is 53.1 Å². The minimum Gasteiger partial charge on any atom is -0.340 e.